The van der Waals surface area contributed by atoms with Gasteiger partial charge in [-0.2, -0.15) is 0 Å². The highest BCUT2D eigenvalue weighted by molar-refractivity contribution is 5.69. The Morgan fingerprint density at radius 1 is 0.774 bits per heavy atom. The Labute approximate surface area is 193 Å². The van der Waals surface area contributed by atoms with Crippen molar-refractivity contribution in [2.45, 2.75) is 129 Å². The molecule has 0 aromatic rings. The van der Waals surface area contributed by atoms with Crippen molar-refractivity contribution in [1.82, 2.24) is 0 Å². The molecule has 178 valence electrons. The molecule has 0 aliphatic heterocycles. The maximum absolute atomic E-state index is 11.0. The van der Waals surface area contributed by atoms with Crippen LogP contribution in [-0.4, -0.2) is 13.1 Å². The van der Waals surface area contributed by atoms with Gasteiger partial charge in [-0.25, -0.2) is 0 Å². The highest BCUT2D eigenvalue weighted by Gasteiger charge is 2.27. The molecule has 0 bridgehead atoms. The van der Waals surface area contributed by atoms with E-state index < -0.39 is 0 Å². The third-order valence-electron chi connectivity index (χ3n) is 6.30. The second-order valence-electron chi connectivity index (χ2n) is 9.22. The summed E-state index contributed by atoms with van der Waals surface area (Å²) in [4.78, 5) is 11.0. The van der Waals surface area contributed by atoms with Crippen LogP contribution < -0.4 is 0 Å². The second kappa shape index (κ2) is 20.6. The van der Waals surface area contributed by atoms with Crippen molar-refractivity contribution in [1.29, 1.82) is 0 Å². The van der Waals surface area contributed by atoms with E-state index >= 15 is 0 Å². The molecule has 1 aliphatic rings. The van der Waals surface area contributed by atoms with E-state index in [1.54, 1.807) is 5.57 Å². The zero-order valence-corrected chi connectivity index (χ0v) is 20.7. The number of esters is 1. The van der Waals surface area contributed by atoms with Gasteiger partial charge in [-0.1, -0.05) is 94.2 Å². The molecule has 0 aromatic heterocycles. The average molecular weight is 431 g/mol. The van der Waals surface area contributed by atoms with Crippen molar-refractivity contribution >= 4 is 5.97 Å². The highest BCUT2D eigenvalue weighted by Crippen LogP contribution is 2.42. The molecule has 31 heavy (non-hydrogen) atoms. The van der Waals surface area contributed by atoms with Crippen molar-refractivity contribution in [3.8, 4) is 0 Å². The number of hydrogen-bond donors (Lipinski definition) is 0. The molecule has 0 saturated heterocycles. The fourth-order valence-corrected chi connectivity index (χ4v) is 4.11. The lowest BCUT2D eigenvalue weighted by atomic mass is 10.1. The number of rotatable bonds is 21. The molecule has 1 fully saturated rings. The SMILES string of the molecule is CCCCCCCC/C=C\CCCCCC[C@@H]1CC1=CCC/C=C\CCCC(=O)OC. The van der Waals surface area contributed by atoms with Gasteiger partial charge in [-0.3, -0.25) is 4.79 Å². The lowest BCUT2D eigenvalue weighted by Gasteiger charge is -1.99. The first-order valence-corrected chi connectivity index (χ1v) is 13.3. The van der Waals surface area contributed by atoms with Crippen molar-refractivity contribution < 1.29 is 9.53 Å². The van der Waals surface area contributed by atoms with E-state index in [-0.39, 0.29) is 5.97 Å². The molecule has 0 amide bonds. The number of carbonyl (C=O) groups excluding carboxylic acids is 1. The summed E-state index contributed by atoms with van der Waals surface area (Å²) in [5, 5.41) is 0. The Morgan fingerprint density at radius 3 is 2.03 bits per heavy atom. The molecule has 1 aliphatic carbocycles. The molecule has 0 heterocycles. The van der Waals surface area contributed by atoms with Crippen LogP contribution in [0.2, 0.25) is 0 Å². The monoisotopic (exact) mass is 430 g/mol. The molecule has 1 rings (SSSR count). The van der Waals surface area contributed by atoms with Crippen molar-refractivity contribution in [2.24, 2.45) is 5.92 Å². The predicted octanol–water partition coefficient (Wildman–Crippen LogP) is 9.26. The van der Waals surface area contributed by atoms with Crippen LogP contribution in [0.15, 0.2) is 36.0 Å². The quantitative estimate of drug-likeness (QED) is 0.103. The Hall–Kier alpha value is -1.31. The van der Waals surface area contributed by atoms with Crippen LogP contribution in [0, 0.1) is 5.92 Å². The summed E-state index contributed by atoms with van der Waals surface area (Å²) in [7, 11) is 1.45. The van der Waals surface area contributed by atoms with Gasteiger partial charge in [0, 0.05) is 6.42 Å². The first kappa shape index (κ1) is 27.7. The maximum atomic E-state index is 11.0. The number of carbonyl (C=O) groups is 1. The van der Waals surface area contributed by atoms with Crippen LogP contribution in [0.5, 0.6) is 0 Å². The molecule has 1 atom stereocenters. The fraction of sp³-hybridized carbons (Fsp3) is 0.759. The van der Waals surface area contributed by atoms with Gasteiger partial charge in [0.2, 0.25) is 0 Å². The molecule has 0 radical (unpaired) electrons. The summed E-state index contributed by atoms with van der Waals surface area (Å²) in [5.74, 6) is 0.801. The summed E-state index contributed by atoms with van der Waals surface area (Å²) >= 11 is 0. The van der Waals surface area contributed by atoms with Crippen LogP contribution in [0.1, 0.15) is 129 Å². The topological polar surface area (TPSA) is 26.3 Å². The van der Waals surface area contributed by atoms with E-state index in [1.165, 1.54) is 103 Å². The molecule has 1 saturated carbocycles. The van der Waals surface area contributed by atoms with Crippen molar-refractivity contribution in [3.05, 3.63) is 36.0 Å². The standard InChI is InChI=1S/C29H50O2/c1-3-4-5-6-7-8-9-10-11-12-13-14-17-20-23-27-26-28(27)24-21-18-15-16-19-22-25-29(30)31-2/h10-11,15-16,24,27H,3-9,12-14,17-23,25-26H2,1-2H3/b11-10-,16-15-,28-24?/t27-/m1/s1. The van der Waals surface area contributed by atoms with Gasteiger partial charge in [0.05, 0.1) is 7.11 Å². The molecule has 0 aromatic carbocycles. The minimum absolute atomic E-state index is 0.103. The largest absolute Gasteiger partial charge is 0.469 e. The Bertz CT molecular complexity index is 515. The molecule has 2 nitrogen and oxygen atoms in total. The van der Waals surface area contributed by atoms with Gasteiger partial charge in [0.15, 0.2) is 0 Å². The summed E-state index contributed by atoms with van der Waals surface area (Å²) in [6.07, 6.45) is 35.8. The van der Waals surface area contributed by atoms with Crippen LogP contribution in [-0.2, 0) is 9.53 Å². The Kier molecular flexibility index (Phi) is 18.4. The first-order valence-electron chi connectivity index (χ1n) is 13.3. The van der Waals surface area contributed by atoms with Gasteiger partial charge in [0.1, 0.15) is 0 Å². The number of ether oxygens (including phenoxy) is 1. The van der Waals surface area contributed by atoms with Crippen LogP contribution in [0.3, 0.4) is 0 Å². The van der Waals surface area contributed by atoms with E-state index in [1.807, 2.05) is 0 Å². The van der Waals surface area contributed by atoms with E-state index in [0.717, 1.165) is 25.2 Å². The van der Waals surface area contributed by atoms with E-state index in [9.17, 15) is 4.79 Å². The molecular weight excluding hydrogens is 380 g/mol. The summed E-state index contributed by atoms with van der Waals surface area (Å²) in [6, 6.07) is 0. The number of hydrogen-bond acceptors (Lipinski definition) is 2. The lowest BCUT2D eigenvalue weighted by Crippen LogP contribution is -1.98. The smallest absolute Gasteiger partial charge is 0.305 e. The molecule has 2 heteroatoms. The maximum Gasteiger partial charge on any atom is 0.305 e. The molecule has 0 N–H and O–H groups in total. The predicted molar refractivity (Wildman–Crippen MR) is 135 cm³/mol. The zero-order chi connectivity index (χ0) is 22.4. The van der Waals surface area contributed by atoms with Crippen LogP contribution >= 0.6 is 0 Å². The van der Waals surface area contributed by atoms with Crippen LogP contribution in [0.25, 0.3) is 0 Å². The van der Waals surface area contributed by atoms with Gasteiger partial charge >= 0.3 is 5.97 Å². The normalized spacial score (nSPS) is 17.2. The second-order valence-corrected chi connectivity index (χ2v) is 9.22. The molecule has 0 unspecified atom stereocenters. The summed E-state index contributed by atoms with van der Waals surface area (Å²) < 4.78 is 4.65. The van der Waals surface area contributed by atoms with Gasteiger partial charge in [-0.05, 0) is 70.1 Å². The van der Waals surface area contributed by atoms with Gasteiger partial charge in [0.25, 0.3) is 0 Å². The van der Waals surface area contributed by atoms with E-state index in [0.29, 0.717) is 6.42 Å². The van der Waals surface area contributed by atoms with Crippen LogP contribution in [0.4, 0.5) is 0 Å². The van der Waals surface area contributed by atoms with Gasteiger partial charge < -0.3 is 4.74 Å². The van der Waals surface area contributed by atoms with Crippen molar-refractivity contribution in [2.75, 3.05) is 7.11 Å². The lowest BCUT2D eigenvalue weighted by molar-refractivity contribution is -0.140. The summed E-state index contributed by atoms with van der Waals surface area (Å²) in [6.45, 7) is 2.28. The minimum atomic E-state index is -0.103. The third-order valence-corrected chi connectivity index (χ3v) is 6.30. The first-order chi connectivity index (χ1) is 15.3. The number of methoxy groups -OCH3 is 1. The highest BCUT2D eigenvalue weighted by atomic mass is 16.5. The summed E-state index contributed by atoms with van der Waals surface area (Å²) in [5.41, 5.74) is 1.71. The van der Waals surface area contributed by atoms with Gasteiger partial charge in [-0.15, -0.1) is 0 Å². The Morgan fingerprint density at radius 2 is 1.35 bits per heavy atom. The number of unbranched alkanes of at least 4 members (excludes halogenated alkanes) is 12. The molecular formula is C29H50O2. The number of allylic oxidation sites excluding steroid dienone is 6. The van der Waals surface area contributed by atoms with Crippen molar-refractivity contribution in [3.63, 3.8) is 0 Å². The van der Waals surface area contributed by atoms with E-state index in [2.05, 4.69) is 42.0 Å². The van der Waals surface area contributed by atoms with E-state index in [4.69, 9.17) is 0 Å². The minimum Gasteiger partial charge on any atom is -0.469 e. The zero-order valence-electron chi connectivity index (χ0n) is 20.7. The molecule has 0 spiro atoms. The average Bonchev–Trinajstić information content (AvgIpc) is 3.53. The Balaban J connectivity index is 1.83. The third kappa shape index (κ3) is 18.0. The fourth-order valence-electron chi connectivity index (χ4n) is 4.11.